The fraction of sp³-hybridized carbons (Fsp3) is 0.522. The SMILES string of the molecule is Cc1cc(C(=O)CN2CCCC(O)C2)c(C)n1-c1cccc(S(=O)(=O)N2CCOCC2)c1. The van der Waals surface area contributed by atoms with Crippen LogP contribution < -0.4 is 0 Å². The van der Waals surface area contributed by atoms with Crippen molar-refractivity contribution < 1.29 is 23.1 Å². The number of piperidine rings is 1. The van der Waals surface area contributed by atoms with Gasteiger partial charge in [-0.1, -0.05) is 6.07 Å². The van der Waals surface area contributed by atoms with Gasteiger partial charge in [-0.25, -0.2) is 8.42 Å². The number of morpholine rings is 1. The molecule has 2 aliphatic heterocycles. The molecule has 1 N–H and O–H groups in total. The van der Waals surface area contributed by atoms with Crippen LogP contribution in [0.2, 0.25) is 0 Å². The highest BCUT2D eigenvalue weighted by Gasteiger charge is 2.27. The number of nitrogens with zero attached hydrogens (tertiary/aromatic N) is 3. The van der Waals surface area contributed by atoms with Crippen molar-refractivity contribution in [3.05, 3.63) is 47.3 Å². The second kappa shape index (κ2) is 9.44. The first-order valence-corrected chi connectivity index (χ1v) is 12.5. The van der Waals surface area contributed by atoms with Gasteiger partial charge in [0, 0.05) is 42.3 Å². The number of aromatic nitrogens is 1. The van der Waals surface area contributed by atoms with E-state index in [-0.39, 0.29) is 23.3 Å². The summed E-state index contributed by atoms with van der Waals surface area (Å²) < 4.78 is 34.8. The number of aliphatic hydroxyl groups excluding tert-OH is 1. The number of likely N-dealkylation sites (tertiary alicyclic amines) is 1. The fourth-order valence-corrected chi connectivity index (χ4v) is 6.07. The Bertz CT molecular complexity index is 1090. The van der Waals surface area contributed by atoms with E-state index in [4.69, 9.17) is 4.74 Å². The summed E-state index contributed by atoms with van der Waals surface area (Å²) in [5.74, 6) is 0.00976. The van der Waals surface area contributed by atoms with Crippen molar-refractivity contribution in [1.29, 1.82) is 0 Å². The summed E-state index contributed by atoms with van der Waals surface area (Å²) in [6.07, 6.45) is 1.29. The van der Waals surface area contributed by atoms with Crippen molar-refractivity contribution in [2.45, 2.75) is 37.7 Å². The summed E-state index contributed by atoms with van der Waals surface area (Å²) >= 11 is 0. The van der Waals surface area contributed by atoms with Gasteiger partial charge in [0.15, 0.2) is 5.78 Å². The van der Waals surface area contributed by atoms with E-state index in [9.17, 15) is 18.3 Å². The van der Waals surface area contributed by atoms with Gasteiger partial charge >= 0.3 is 0 Å². The third kappa shape index (κ3) is 4.67. The summed E-state index contributed by atoms with van der Waals surface area (Å²) in [6, 6.07) is 8.73. The predicted octanol–water partition coefficient (Wildman–Crippen LogP) is 1.75. The largest absolute Gasteiger partial charge is 0.392 e. The van der Waals surface area contributed by atoms with Crippen LogP contribution in [-0.4, -0.2) is 85.1 Å². The molecular weight excluding hydrogens is 430 g/mol. The van der Waals surface area contributed by atoms with Gasteiger partial charge in [-0.15, -0.1) is 0 Å². The summed E-state index contributed by atoms with van der Waals surface area (Å²) in [7, 11) is -3.61. The maximum absolute atomic E-state index is 13.1. The maximum Gasteiger partial charge on any atom is 0.243 e. The Morgan fingerprint density at radius 1 is 1.16 bits per heavy atom. The highest BCUT2D eigenvalue weighted by Crippen LogP contribution is 2.25. The Morgan fingerprint density at radius 3 is 2.62 bits per heavy atom. The van der Waals surface area contributed by atoms with Crippen LogP contribution >= 0.6 is 0 Å². The zero-order valence-electron chi connectivity index (χ0n) is 18.7. The van der Waals surface area contributed by atoms with Gasteiger partial charge in [-0.2, -0.15) is 4.31 Å². The van der Waals surface area contributed by atoms with E-state index in [0.29, 0.717) is 44.1 Å². The lowest BCUT2D eigenvalue weighted by molar-refractivity contribution is 0.0634. The maximum atomic E-state index is 13.1. The third-order valence-corrected chi connectivity index (χ3v) is 8.16. The number of sulfonamides is 1. The van der Waals surface area contributed by atoms with E-state index in [2.05, 4.69) is 0 Å². The summed E-state index contributed by atoms with van der Waals surface area (Å²) in [5, 5.41) is 9.88. The van der Waals surface area contributed by atoms with Crippen LogP contribution in [0.3, 0.4) is 0 Å². The molecular formula is C23H31N3O5S. The Hall–Kier alpha value is -2.04. The smallest absolute Gasteiger partial charge is 0.243 e. The van der Waals surface area contributed by atoms with E-state index in [1.807, 2.05) is 35.4 Å². The average Bonchev–Trinajstić information content (AvgIpc) is 3.08. The van der Waals surface area contributed by atoms with Crippen LogP contribution in [0, 0.1) is 13.8 Å². The second-order valence-corrected chi connectivity index (χ2v) is 10.5. The number of hydrogen-bond acceptors (Lipinski definition) is 6. The Morgan fingerprint density at radius 2 is 1.91 bits per heavy atom. The number of β-amino-alcohol motifs (C(OH)–C–C–N with tert-alkyl or cyclic N) is 1. The molecule has 3 heterocycles. The first-order valence-electron chi connectivity index (χ1n) is 11.1. The molecule has 2 fully saturated rings. The van der Waals surface area contributed by atoms with Gasteiger partial charge < -0.3 is 14.4 Å². The van der Waals surface area contributed by atoms with Crippen molar-refractivity contribution in [3.63, 3.8) is 0 Å². The molecule has 8 nitrogen and oxygen atoms in total. The number of carbonyl (C=O) groups is 1. The minimum atomic E-state index is -3.61. The number of hydrogen-bond donors (Lipinski definition) is 1. The number of aryl methyl sites for hydroxylation is 1. The molecule has 9 heteroatoms. The topological polar surface area (TPSA) is 92.1 Å². The highest BCUT2D eigenvalue weighted by molar-refractivity contribution is 7.89. The van der Waals surface area contributed by atoms with Gasteiger partial charge in [-0.3, -0.25) is 9.69 Å². The molecule has 0 bridgehead atoms. The number of benzene rings is 1. The molecule has 1 aromatic heterocycles. The quantitative estimate of drug-likeness (QED) is 0.659. The minimum absolute atomic E-state index is 0.00976. The zero-order chi connectivity index (χ0) is 22.9. The van der Waals surface area contributed by atoms with Crippen molar-refractivity contribution >= 4 is 15.8 Å². The molecule has 4 rings (SSSR count). The normalized spacial score (nSPS) is 21.0. The zero-order valence-corrected chi connectivity index (χ0v) is 19.5. The molecule has 0 amide bonds. The van der Waals surface area contributed by atoms with Crippen molar-refractivity contribution in [3.8, 4) is 5.69 Å². The van der Waals surface area contributed by atoms with Gasteiger partial charge in [0.05, 0.1) is 30.8 Å². The van der Waals surface area contributed by atoms with E-state index in [1.165, 1.54) is 4.31 Å². The number of ether oxygens (including phenoxy) is 1. The number of aliphatic hydroxyl groups is 1. The van der Waals surface area contributed by atoms with E-state index in [1.54, 1.807) is 18.2 Å². The van der Waals surface area contributed by atoms with Crippen LogP contribution in [0.4, 0.5) is 0 Å². The third-order valence-electron chi connectivity index (χ3n) is 6.26. The molecule has 0 spiro atoms. The van der Waals surface area contributed by atoms with Crippen LogP contribution in [0.15, 0.2) is 35.2 Å². The minimum Gasteiger partial charge on any atom is -0.392 e. The van der Waals surface area contributed by atoms with Gasteiger partial charge in [0.25, 0.3) is 0 Å². The number of rotatable bonds is 6. The molecule has 0 radical (unpaired) electrons. The first kappa shape index (κ1) is 23.1. The molecule has 2 saturated heterocycles. The summed E-state index contributed by atoms with van der Waals surface area (Å²) in [6.45, 7) is 6.88. The lowest BCUT2D eigenvalue weighted by Gasteiger charge is -2.29. The van der Waals surface area contributed by atoms with Crippen molar-refractivity contribution in [1.82, 2.24) is 13.8 Å². The molecule has 1 aromatic carbocycles. The number of carbonyl (C=O) groups excluding carboxylic acids is 1. The first-order chi connectivity index (χ1) is 15.3. The van der Waals surface area contributed by atoms with Gasteiger partial charge in [-0.05, 0) is 57.5 Å². The Labute approximate surface area is 189 Å². The lowest BCUT2D eigenvalue weighted by atomic mass is 10.1. The molecule has 2 aromatic rings. The molecule has 32 heavy (non-hydrogen) atoms. The highest BCUT2D eigenvalue weighted by atomic mass is 32.2. The van der Waals surface area contributed by atoms with Crippen molar-refractivity contribution in [2.75, 3.05) is 45.9 Å². The molecule has 174 valence electrons. The predicted molar refractivity (Wildman–Crippen MR) is 121 cm³/mol. The lowest BCUT2D eigenvalue weighted by Crippen LogP contribution is -2.41. The number of Topliss-reactive ketones (excluding diaryl/α,β-unsaturated/α-hetero) is 1. The van der Waals surface area contributed by atoms with Crippen LogP contribution in [-0.2, 0) is 14.8 Å². The summed E-state index contributed by atoms with van der Waals surface area (Å²) in [5.41, 5.74) is 2.99. The van der Waals surface area contributed by atoms with Crippen LogP contribution in [0.5, 0.6) is 0 Å². The molecule has 1 unspecified atom stereocenters. The van der Waals surface area contributed by atoms with E-state index < -0.39 is 10.0 Å². The number of ketones is 1. The monoisotopic (exact) mass is 461 g/mol. The Balaban J connectivity index is 1.60. The molecule has 0 saturated carbocycles. The average molecular weight is 462 g/mol. The molecule has 0 aliphatic carbocycles. The van der Waals surface area contributed by atoms with Crippen LogP contribution in [0.25, 0.3) is 5.69 Å². The van der Waals surface area contributed by atoms with E-state index in [0.717, 1.165) is 30.8 Å². The standard InChI is InChI=1S/C23H31N3O5S/c1-17-13-22(23(28)16-24-8-4-6-20(27)15-24)18(2)26(17)19-5-3-7-21(14-19)32(29,30)25-9-11-31-12-10-25/h3,5,7,13-14,20,27H,4,6,8-12,15-16H2,1-2H3. The van der Waals surface area contributed by atoms with E-state index >= 15 is 0 Å². The Kier molecular flexibility index (Phi) is 6.83. The second-order valence-electron chi connectivity index (χ2n) is 8.59. The fourth-order valence-electron chi connectivity index (χ4n) is 4.62. The molecule has 2 aliphatic rings. The van der Waals surface area contributed by atoms with Crippen LogP contribution in [0.1, 0.15) is 34.6 Å². The van der Waals surface area contributed by atoms with Crippen molar-refractivity contribution in [2.24, 2.45) is 0 Å². The molecule has 1 atom stereocenters. The summed E-state index contributed by atoms with van der Waals surface area (Å²) in [4.78, 5) is 15.3. The van der Waals surface area contributed by atoms with Gasteiger partial charge in [0.2, 0.25) is 10.0 Å². The van der Waals surface area contributed by atoms with Gasteiger partial charge in [0.1, 0.15) is 0 Å².